The van der Waals surface area contributed by atoms with E-state index < -0.39 is 12.1 Å². The second-order valence-electron chi connectivity index (χ2n) is 8.02. The molecule has 0 fully saturated rings. The van der Waals surface area contributed by atoms with Crippen molar-refractivity contribution in [2.75, 3.05) is 13.2 Å². The van der Waals surface area contributed by atoms with Crippen LogP contribution in [0, 0.1) is 0 Å². The van der Waals surface area contributed by atoms with Crippen LogP contribution in [0.2, 0.25) is 0 Å². The number of alkyl carbamates (subject to hydrolysis) is 1. The second-order valence-corrected chi connectivity index (χ2v) is 8.91. The zero-order valence-corrected chi connectivity index (χ0v) is 19.4. The average Bonchev–Trinajstić information content (AvgIpc) is 3.45. The average molecular weight is 480 g/mol. The molecule has 34 heavy (non-hydrogen) atoms. The van der Waals surface area contributed by atoms with Crippen LogP contribution < -0.4 is 10.6 Å². The molecule has 0 radical (unpaired) electrons. The largest absolute Gasteiger partial charge is 0.476 e. The third-order valence-electron chi connectivity index (χ3n) is 5.68. The SMILES string of the molecule is CC(NC(=O)CCCNC(=O)OCC1c2ccccc2-c2ccccc21)c1nc(C(=O)O)cs1. The summed E-state index contributed by atoms with van der Waals surface area (Å²) in [4.78, 5) is 39.3. The van der Waals surface area contributed by atoms with E-state index in [0.29, 0.717) is 18.0 Å². The van der Waals surface area contributed by atoms with Crippen molar-refractivity contribution in [1.29, 1.82) is 0 Å². The number of hydrogen-bond donors (Lipinski definition) is 3. The molecule has 0 saturated heterocycles. The maximum Gasteiger partial charge on any atom is 0.407 e. The van der Waals surface area contributed by atoms with Gasteiger partial charge < -0.3 is 20.5 Å². The number of carbonyl (C=O) groups excluding carboxylic acids is 2. The summed E-state index contributed by atoms with van der Waals surface area (Å²) >= 11 is 1.19. The van der Waals surface area contributed by atoms with Gasteiger partial charge in [-0.25, -0.2) is 14.6 Å². The Bertz CT molecular complexity index is 1160. The van der Waals surface area contributed by atoms with Crippen molar-refractivity contribution in [3.63, 3.8) is 0 Å². The number of nitrogens with zero attached hydrogens (tertiary/aromatic N) is 1. The molecule has 1 aliphatic carbocycles. The van der Waals surface area contributed by atoms with E-state index in [1.807, 2.05) is 24.3 Å². The summed E-state index contributed by atoms with van der Waals surface area (Å²) in [5, 5.41) is 16.4. The van der Waals surface area contributed by atoms with Crippen molar-refractivity contribution in [2.45, 2.75) is 31.7 Å². The van der Waals surface area contributed by atoms with E-state index in [1.165, 1.54) is 27.8 Å². The molecule has 9 heteroatoms. The predicted octanol–water partition coefficient (Wildman–Crippen LogP) is 4.34. The third-order valence-corrected chi connectivity index (χ3v) is 6.71. The monoisotopic (exact) mass is 479 g/mol. The number of benzene rings is 2. The molecule has 176 valence electrons. The van der Waals surface area contributed by atoms with Crippen molar-refractivity contribution < 1.29 is 24.2 Å². The molecule has 4 rings (SSSR count). The fourth-order valence-corrected chi connectivity index (χ4v) is 4.85. The van der Waals surface area contributed by atoms with E-state index in [-0.39, 0.29) is 36.6 Å². The Morgan fingerprint density at radius 1 is 1.09 bits per heavy atom. The fourth-order valence-electron chi connectivity index (χ4n) is 4.05. The van der Waals surface area contributed by atoms with Gasteiger partial charge in [0.15, 0.2) is 5.69 Å². The van der Waals surface area contributed by atoms with Crippen LogP contribution in [0.15, 0.2) is 53.9 Å². The lowest BCUT2D eigenvalue weighted by molar-refractivity contribution is -0.121. The Morgan fingerprint density at radius 2 is 1.74 bits per heavy atom. The number of rotatable bonds is 9. The number of hydrogen-bond acceptors (Lipinski definition) is 6. The lowest BCUT2D eigenvalue weighted by Gasteiger charge is -2.14. The number of carboxylic acid groups (broad SMARTS) is 1. The number of fused-ring (bicyclic) bond motifs is 3. The van der Waals surface area contributed by atoms with Crippen molar-refractivity contribution >= 4 is 29.3 Å². The number of aromatic carboxylic acids is 1. The topological polar surface area (TPSA) is 118 Å². The van der Waals surface area contributed by atoms with Gasteiger partial charge in [-0.05, 0) is 35.6 Å². The number of carboxylic acids is 1. The Hall–Kier alpha value is -3.72. The summed E-state index contributed by atoms with van der Waals surface area (Å²) in [7, 11) is 0. The smallest absolute Gasteiger partial charge is 0.407 e. The summed E-state index contributed by atoms with van der Waals surface area (Å²) < 4.78 is 5.49. The molecular weight excluding hydrogens is 454 g/mol. The van der Waals surface area contributed by atoms with Gasteiger partial charge in [0.2, 0.25) is 5.91 Å². The maximum atomic E-state index is 12.2. The number of aromatic nitrogens is 1. The highest BCUT2D eigenvalue weighted by molar-refractivity contribution is 7.09. The van der Waals surface area contributed by atoms with Gasteiger partial charge in [0.25, 0.3) is 0 Å². The van der Waals surface area contributed by atoms with Crippen molar-refractivity contribution in [2.24, 2.45) is 0 Å². The van der Waals surface area contributed by atoms with E-state index in [0.717, 1.165) is 11.1 Å². The van der Waals surface area contributed by atoms with Gasteiger partial charge in [-0.15, -0.1) is 11.3 Å². The second kappa shape index (κ2) is 10.5. The van der Waals surface area contributed by atoms with E-state index in [9.17, 15) is 14.4 Å². The normalized spacial score (nSPS) is 13.0. The molecule has 1 aromatic heterocycles. The number of carbonyl (C=O) groups is 3. The molecule has 0 spiro atoms. The van der Waals surface area contributed by atoms with Gasteiger partial charge in [-0.1, -0.05) is 48.5 Å². The van der Waals surface area contributed by atoms with E-state index >= 15 is 0 Å². The van der Waals surface area contributed by atoms with E-state index in [1.54, 1.807) is 6.92 Å². The highest BCUT2D eigenvalue weighted by atomic mass is 32.1. The van der Waals surface area contributed by atoms with Crippen molar-refractivity contribution in [3.8, 4) is 11.1 Å². The van der Waals surface area contributed by atoms with Crippen LogP contribution in [0.5, 0.6) is 0 Å². The number of thiazole rings is 1. The summed E-state index contributed by atoms with van der Waals surface area (Å²) in [6.07, 6.45) is 0.145. The molecule has 1 heterocycles. The van der Waals surface area contributed by atoms with Crippen molar-refractivity contribution in [1.82, 2.24) is 15.6 Å². The molecule has 1 aliphatic rings. The first-order valence-corrected chi connectivity index (χ1v) is 11.9. The number of ether oxygens (including phenoxy) is 1. The first-order chi connectivity index (χ1) is 16.4. The lowest BCUT2D eigenvalue weighted by atomic mass is 9.98. The van der Waals surface area contributed by atoms with Crippen molar-refractivity contribution in [3.05, 3.63) is 75.7 Å². The van der Waals surface area contributed by atoms with Gasteiger partial charge in [-0.3, -0.25) is 4.79 Å². The Balaban J connectivity index is 1.19. The molecule has 2 amide bonds. The van der Waals surface area contributed by atoms with Crippen LogP contribution in [0.1, 0.15) is 58.3 Å². The van der Waals surface area contributed by atoms with E-state index in [2.05, 4.69) is 39.9 Å². The molecule has 8 nitrogen and oxygen atoms in total. The van der Waals surface area contributed by atoms with Crippen LogP contribution in [0.3, 0.4) is 0 Å². The molecule has 1 atom stereocenters. The minimum atomic E-state index is -1.10. The van der Waals surface area contributed by atoms with E-state index in [4.69, 9.17) is 9.84 Å². The molecule has 0 aliphatic heterocycles. The van der Waals surface area contributed by atoms with Gasteiger partial charge in [0.05, 0.1) is 6.04 Å². The zero-order chi connectivity index (χ0) is 24.1. The van der Waals surface area contributed by atoms with Crippen LogP contribution in [-0.2, 0) is 9.53 Å². The van der Waals surface area contributed by atoms with Crippen LogP contribution in [-0.4, -0.2) is 41.2 Å². The van der Waals surface area contributed by atoms with Gasteiger partial charge >= 0.3 is 12.1 Å². The number of nitrogens with one attached hydrogen (secondary N) is 2. The first-order valence-electron chi connectivity index (χ1n) is 11.0. The molecular formula is C25H25N3O5S. The maximum absolute atomic E-state index is 12.2. The molecule has 0 saturated carbocycles. The zero-order valence-electron chi connectivity index (χ0n) is 18.6. The van der Waals surface area contributed by atoms with Gasteiger partial charge in [0.1, 0.15) is 11.6 Å². The highest BCUT2D eigenvalue weighted by Gasteiger charge is 2.29. The fraction of sp³-hybridized carbons (Fsp3) is 0.280. The molecule has 3 N–H and O–H groups in total. The van der Waals surface area contributed by atoms with Crippen LogP contribution >= 0.6 is 11.3 Å². The summed E-state index contributed by atoms with van der Waals surface area (Å²) in [5.41, 5.74) is 4.61. The quantitative estimate of drug-likeness (QED) is 0.393. The molecule has 3 aromatic rings. The predicted molar refractivity (Wildman–Crippen MR) is 128 cm³/mol. The molecule has 1 unspecified atom stereocenters. The summed E-state index contributed by atoms with van der Waals surface area (Å²) in [5.74, 6) is -1.30. The lowest BCUT2D eigenvalue weighted by Crippen LogP contribution is -2.30. The Morgan fingerprint density at radius 3 is 2.35 bits per heavy atom. The first kappa shape index (κ1) is 23.4. The van der Waals surface area contributed by atoms with Crippen LogP contribution in [0.4, 0.5) is 4.79 Å². The highest BCUT2D eigenvalue weighted by Crippen LogP contribution is 2.44. The third kappa shape index (κ3) is 5.26. The summed E-state index contributed by atoms with van der Waals surface area (Å²) in [6.45, 7) is 2.29. The van der Waals surface area contributed by atoms with Crippen LogP contribution in [0.25, 0.3) is 11.1 Å². The summed E-state index contributed by atoms with van der Waals surface area (Å²) in [6, 6.07) is 15.9. The Kier molecular flexibility index (Phi) is 7.22. The minimum absolute atomic E-state index is 0.00193. The number of amides is 2. The minimum Gasteiger partial charge on any atom is -0.476 e. The molecule has 2 aromatic carbocycles. The van der Waals surface area contributed by atoms with Gasteiger partial charge in [-0.2, -0.15) is 0 Å². The Labute approximate surface area is 201 Å². The van der Waals surface area contributed by atoms with Gasteiger partial charge in [0, 0.05) is 24.3 Å². The standard InChI is InChI=1S/C25H25N3O5S/c1-15(23-28-21(14-34-23)24(30)31)27-22(29)11-6-12-26-25(32)33-13-20-18-9-4-2-7-16(18)17-8-3-5-10-19(17)20/h2-5,7-10,14-15,20H,6,11-13H2,1H3,(H,26,32)(H,27,29)(H,30,31). The molecule has 0 bridgehead atoms.